The van der Waals surface area contributed by atoms with Crippen molar-refractivity contribution in [3.05, 3.63) is 21.9 Å². The molecule has 1 aromatic rings. The number of aromatic hydroxyl groups is 1. The Morgan fingerprint density at radius 3 is 2.32 bits per heavy atom. The molecule has 0 spiro atoms. The quantitative estimate of drug-likeness (QED) is 0.470. The van der Waals surface area contributed by atoms with E-state index in [1.54, 1.807) is 7.11 Å². The monoisotopic (exact) mass is 412 g/mol. The van der Waals surface area contributed by atoms with Crippen molar-refractivity contribution in [1.29, 1.82) is 0 Å². The molecule has 0 saturated carbocycles. The van der Waals surface area contributed by atoms with E-state index in [1.165, 1.54) is 6.92 Å². The number of methoxy groups -OCH3 is 1. The van der Waals surface area contributed by atoms with Crippen molar-refractivity contribution in [2.75, 3.05) is 13.7 Å². The molecule has 1 rings (SSSR count). The van der Waals surface area contributed by atoms with E-state index < -0.39 is 31.0 Å². The molecular formula is C20H36N2O5Si. The normalized spacial score (nSPS) is 15.9. The van der Waals surface area contributed by atoms with E-state index in [2.05, 4.69) is 43.8 Å². The fraction of sp³-hybridized carbons (Fsp3) is 0.750. The van der Waals surface area contributed by atoms with Gasteiger partial charge in [0.2, 0.25) is 5.75 Å². The highest BCUT2D eigenvalue weighted by Gasteiger charge is 2.39. The molecule has 0 radical (unpaired) electrons. The average Bonchev–Trinajstić information content (AvgIpc) is 2.59. The number of nitrogens with one attached hydrogen (secondary N) is 1. The van der Waals surface area contributed by atoms with Crippen LogP contribution in [0.1, 0.15) is 76.6 Å². The number of nitrogens with zero attached hydrogens (tertiary/aromatic N) is 1. The van der Waals surface area contributed by atoms with E-state index in [0.717, 1.165) is 0 Å². The third kappa shape index (κ3) is 5.99. The van der Waals surface area contributed by atoms with Crippen LogP contribution in [0.15, 0.2) is 4.79 Å². The molecule has 7 nitrogen and oxygen atoms in total. The highest BCUT2D eigenvalue weighted by Crippen LogP contribution is 2.37. The minimum Gasteiger partial charge on any atom is -0.501 e. The Bertz CT molecular complexity index is 754. The Balaban J connectivity index is 2.88. The number of ether oxygens (including phenoxy) is 1. The maximum Gasteiger partial charge on any atom is 0.293 e. The summed E-state index contributed by atoms with van der Waals surface area (Å²) in [6.07, 6.45) is 1.37. The first-order valence-electron chi connectivity index (χ1n) is 9.67. The van der Waals surface area contributed by atoms with Crippen LogP contribution in [-0.2, 0) is 9.16 Å². The highest BCUT2D eigenvalue weighted by atomic mass is 28.4. The van der Waals surface area contributed by atoms with Gasteiger partial charge < -0.3 is 19.3 Å². The molecular weight excluding hydrogens is 376 g/mol. The zero-order chi connectivity index (χ0) is 21.9. The molecule has 0 aliphatic rings. The first-order valence-corrected chi connectivity index (χ1v) is 12.6. The van der Waals surface area contributed by atoms with E-state index in [0.29, 0.717) is 25.3 Å². The van der Waals surface area contributed by atoms with E-state index in [9.17, 15) is 14.7 Å². The van der Waals surface area contributed by atoms with Gasteiger partial charge in [-0.15, -0.1) is 0 Å². The summed E-state index contributed by atoms with van der Waals surface area (Å²) in [6, 6.07) is 0. The number of H-pyrrole nitrogens is 1. The van der Waals surface area contributed by atoms with Crippen LogP contribution >= 0.6 is 0 Å². The summed E-state index contributed by atoms with van der Waals surface area (Å²) < 4.78 is 12.1. The Hall–Kier alpha value is -1.51. The van der Waals surface area contributed by atoms with Crippen LogP contribution in [0.2, 0.25) is 18.1 Å². The first-order chi connectivity index (χ1) is 12.6. The molecule has 2 atom stereocenters. The summed E-state index contributed by atoms with van der Waals surface area (Å²) >= 11 is 0. The van der Waals surface area contributed by atoms with E-state index in [-0.39, 0.29) is 16.7 Å². The van der Waals surface area contributed by atoms with Crippen molar-refractivity contribution in [3.63, 3.8) is 0 Å². The Morgan fingerprint density at radius 2 is 1.86 bits per heavy atom. The predicted octanol–water partition coefficient (Wildman–Crippen LogP) is 3.99. The van der Waals surface area contributed by atoms with E-state index in [1.807, 2.05) is 13.8 Å². The minimum absolute atomic E-state index is 0.117. The third-order valence-corrected chi connectivity index (χ3v) is 10.3. The summed E-state index contributed by atoms with van der Waals surface area (Å²) in [6.45, 7) is 16.7. The first kappa shape index (κ1) is 24.5. The van der Waals surface area contributed by atoms with Crippen LogP contribution in [0, 0.1) is 0 Å². The lowest BCUT2D eigenvalue weighted by Gasteiger charge is -2.39. The average molecular weight is 413 g/mol. The topological polar surface area (TPSA) is 102 Å². The number of carbonyl (C=O) groups is 1. The standard InChI is InChI=1S/C20H36N2O5Si/c1-13(17-21-15(14(2)23)16(24)18(25)22-17)10-11-20(6,26-7)12-27-28(8,9)19(3,4)5/h13,24H,10-12H2,1-9H3,(H,21,22,25). The Labute approximate surface area is 169 Å². The lowest BCUT2D eigenvalue weighted by atomic mass is 9.94. The zero-order valence-corrected chi connectivity index (χ0v) is 19.7. The fourth-order valence-electron chi connectivity index (χ4n) is 2.40. The van der Waals surface area contributed by atoms with Gasteiger partial charge in [-0.05, 0) is 37.9 Å². The molecule has 160 valence electrons. The molecule has 0 saturated heterocycles. The molecule has 0 aliphatic heterocycles. The maximum absolute atomic E-state index is 11.9. The van der Waals surface area contributed by atoms with Crippen molar-refractivity contribution in [3.8, 4) is 5.75 Å². The Kier molecular flexibility index (Phi) is 7.78. The molecule has 0 fully saturated rings. The number of rotatable bonds is 9. The fourth-order valence-corrected chi connectivity index (χ4v) is 3.50. The summed E-state index contributed by atoms with van der Waals surface area (Å²) in [7, 11) is -0.215. The second-order valence-electron chi connectivity index (χ2n) is 9.35. The van der Waals surface area contributed by atoms with Gasteiger partial charge in [-0.3, -0.25) is 9.59 Å². The number of aromatic nitrogens is 2. The van der Waals surface area contributed by atoms with Crippen LogP contribution in [0.3, 0.4) is 0 Å². The largest absolute Gasteiger partial charge is 0.501 e. The molecule has 2 N–H and O–H groups in total. The number of hydrogen-bond acceptors (Lipinski definition) is 6. The molecule has 0 amide bonds. The molecule has 0 bridgehead atoms. The highest BCUT2D eigenvalue weighted by molar-refractivity contribution is 6.74. The van der Waals surface area contributed by atoms with Crippen LogP contribution in [0.4, 0.5) is 0 Å². The van der Waals surface area contributed by atoms with E-state index in [4.69, 9.17) is 9.16 Å². The van der Waals surface area contributed by atoms with Gasteiger partial charge in [-0.2, -0.15) is 0 Å². The van der Waals surface area contributed by atoms with Gasteiger partial charge in [0, 0.05) is 20.0 Å². The van der Waals surface area contributed by atoms with Crippen molar-refractivity contribution in [1.82, 2.24) is 9.97 Å². The van der Waals surface area contributed by atoms with Crippen LogP contribution in [0.5, 0.6) is 5.75 Å². The minimum atomic E-state index is -1.89. The number of carbonyl (C=O) groups excluding carboxylic acids is 1. The number of ketones is 1. The molecule has 0 aromatic carbocycles. The van der Waals surface area contributed by atoms with Crippen LogP contribution in [0.25, 0.3) is 0 Å². The van der Waals surface area contributed by atoms with E-state index >= 15 is 0 Å². The van der Waals surface area contributed by atoms with Gasteiger partial charge in [0.15, 0.2) is 19.8 Å². The summed E-state index contributed by atoms with van der Waals surface area (Å²) in [4.78, 5) is 30.2. The zero-order valence-electron chi connectivity index (χ0n) is 18.7. The van der Waals surface area contributed by atoms with Crippen LogP contribution < -0.4 is 5.56 Å². The lowest BCUT2D eigenvalue weighted by Crippen LogP contribution is -2.46. The molecule has 8 heteroatoms. The van der Waals surface area contributed by atoms with Gasteiger partial charge in [-0.25, -0.2) is 4.98 Å². The summed E-state index contributed by atoms with van der Waals surface area (Å²) in [5, 5.41) is 9.84. The lowest BCUT2D eigenvalue weighted by molar-refractivity contribution is -0.0414. The second-order valence-corrected chi connectivity index (χ2v) is 14.2. The van der Waals surface area contributed by atoms with Gasteiger partial charge >= 0.3 is 0 Å². The molecule has 1 heterocycles. The van der Waals surface area contributed by atoms with Crippen molar-refractivity contribution >= 4 is 14.1 Å². The maximum atomic E-state index is 11.9. The van der Waals surface area contributed by atoms with Gasteiger partial charge in [-0.1, -0.05) is 27.7 Å². The van der Waals surface area contributed by atoms with Crippen molar-refractivity contribution in [2.45, 2.75) is 84.0 Å². The molecule has 0 aliphatic carbocycles. The Morgan fingerprint density at radius 1 is 1.29 bits per heavy atom. The van der Waals surface area contributed by atoms with Crippen molar-refractivity contribution in [2.24, 2.45) is 0 Å². The molecule has 2 unspecified atom stereocenters. The van der Waals surface area contributed by atoms with Gasteiger partial charge in [0.05, 0.1) is 12.2 Å². The third-order valence-electron chi connectivity index (χ3n) is 5.86. The SMILES string of the molecule is COC(C)(CCC(C)c1nc(C(C)=O)c(O)c(=O)[nH]1)CO[Si](C)(C)C(C)(C)C. The summed E-state index contributed by atoms with van der Waals surface area (Å²) in [5.41, 5.74) is -1.36. The number of aromatic amines is 1. The summed E-state index contributed by atoms with van der Waals surface area (Å²) in [5.74, 6) is -0.806. The number of Topliss-reactive ketones (excluding diaryl/α,β-unsaturated/α-hetero) is 1. The molecule has 28 heavy (non-hydrogen) atoms. The molecule has 1 aromatic heterocycles. The van der Waals surface area contributed by atoms with Crippen molar-refractivity contribution < 1.29 is 19.1 Å². The van der Waals surface area contributed by atoms with Crippen LogP contribution in [-0.4, -0.2) is 48.5 Å². The van der Waals surface area contributed by atoms with Gasteiger partial charge in [0.25, 0.3) is 5.56 Å². The van der Waals surface area contributed by atoms with Gasteiger partial charge in [0.1, 0.15) is 5.82 Å². The smallest absolute Gasteiger partial charge is 0.293 e. The predicted molar refractivity (Wildman–Crippen MR) is 113 cm³/mol. The number of hydrogen-bond donors (Lipinski definition) is 2. The second kappa shape index (κ2) is 8.88.